The van der Waals surface area contributed by atoms with Crippen LogP contribution in [0.3, 0.4) is 0 Å². The molecule has 1 aromatic rings. The maximum Gasteiger partial charge on any atom is 0.266 e. The summed E-state index contributed by atoms with van der Waals surface area (Å²) in [5.74, 6) is 0.871. The minimum Gasteiger partial charge on any atom is -0.480 e. The molecule has 0 N–H and O–H groups in total. The van der Waals surface area contributed by atoms with Gasteiger partial charge in [-0.3, -0.25) is 9.69 Å². The summed E-state index contributed by atoms with van der Waals surface area (Å²) in [6.07, 6.45) is -0.499. The van der Waals surface area contributed by atoms with Gasteiger partial charge in [0.05, 0.1) is 6.54 Å². The summed E-state index contributed by atoms with van der Waals surface area (Å²) >= 11 is 3.27. The number of hydrogen-bond acceptors (Lipinski definition) is 5. The third-order valence-corrected chi connectivity index (χ3v) is 3.01. The largest absolute Gasteiger partial charge is 0.480 e. The van der Waals surface area contributed by atoms with Gasteiger partial charge in [0, 0.05) is 14.2 Å². The van der Waals surface area contributed by atoms with E-state index in [1.165, 1.54) is 19.1 Å². The molecule has 0 atom stereocenters. The van der Waals surface area contributed by atoms with Gasteiger partial charge in [0.25, 0.3) is 5.91 Å². The molecule has 6 nitrogen and oxygen atoms in total. The Hall–Kier alpha value is -1.18. The summed E-state index contributed by atoms with van der Waals surface area (Å²) in [6.45, 7) is 0.266. The summed E-state index contributed by atoms with van der Waals surface area (Å²) in [7, 11) is 3.04. The second kappa shape index (κ2) is 5.64. The molecule has 0 fully saturated rings. The van der Waals surface area contributed by atoms with Crippen molar-refractivity contribution in [3.63, 3.8) is 0 Å². The van der Waals surface area contributed by atoms with E-state index in [9.17, 15) is 4.79 Å². The van der Waals surface area contributed by atoms with Crippen molar-refractivity contribution in [1.82, 2.24) is 4.98 Å². The Balaban J connectivity index is 2.29. The fourth-order valence-electron chi connectivity index (χ4n) is 1.64. The van der Waals surface area contributed by atoms with Gasteiger partial charge in [-0.2, -0.15) is 0 Å². The zero-order valence-corrected chi connectivity index (χ0v) is 11.6. The standard InChI is InChI=1S/C11H13BrN2O4/c1-16-10(17-2)5-14-9(15)6-18-7-3-4-8(12)13-11(7)14/h3-4,10H,5-6H2,1-2H3. The molecule has 0 unspecified atom stereocenters. The normalized spacial score (nSPS) is 14.7. The predicted molar refractivity (Wildman–Crippen MR) is 67.6 cm³/mol. The van der Waals surface area contributed by atoms with Crippen LogP contribution in [-0.4, -0.2) is 44.6 Å². The van der Waals surface area contributed by atoms with E-state index in [-0.39, 0.29) is 19.1 Å². The van der Waals surface area contributed by atoms with Crippen LogP contribution in [-0.2, 0) is 14.3 Å². The molecule has 1 aromatic heterocycles. The number of fused-ring (bicyclic) bond motifs is 1. The highest BCUT2D eigenvalue weighted by Gasteiger charge is 2.29. The van der Waals surface area contributed by atoms with Crippen molar-refractivity contribution in [3.8, 4) is 5.75 Å². The maximum atomic E-state index is 11.9. The number of hydrogen-bond donors (Lipinski definition) is 0. The van der Waals surface area contributed by atoms with Crippen LogP contribution >= 0.6 is 15.9 Å². The average molecular weight is 317 g/mol. The number of aromatic nitrogens is 1. The van der Waals surface area contributed by atoms with Crippen LogP contribution in [0.2, 0.25) is 0 Å². The molecule has 0 spiro atoms. The van der Waals surface area contributed by atoms with Crippen LogP contribution in [0.25, 0.3) is 0 Å². The molecule has 0 radical (unpaired) electrons. The van der Waals surface area contributed by atoms with E-state index in [2.05, 4.69) is 20.9 Å². The smallest absolute Gasteiger partial charge is 0.266 e. The maximum absolute atomic E-state index is 11.9. The van der Waals surface area contributed by atoms with E-state index in [4.69, 9.17) is 14.2 Å². The van der Waals surface area contributed by atoms with Crippen molar-refractivity contribution in [3.05, 3.63) is 16.7 Å². The zero-order valence-electron chi connectivity index (χ0n) is 10.1. The number of amides is 1. The quantitative estimate of drug-likeness (QED) is 0.617. The SMILES string of the molecule is COC(CN1C(=O)COc2ccc(Br)nc21)OC. The molecule has 0 bridgehead atoms. The topological polar surface area (TPSA) is 60.9 Å². The van der Waals surface area contributed by atoms with E-state index in [1.54, 1.807) is 12.1 Å². The predicted octanol–water partition coefficient (Wildman–Crippen LogP) is 1.19. The highest BCUT2D eigenvalue weighted by Crippen LogP contribution is 2.31. The Morgan fingerprint density at radius 1 is 1.50 bits per heavy atom. The van der Waals surface area contributed by atoms with Gasteiger partial charge in [-0.25, -0.2) is 4.98 Å². The summed E-state index contributed by atoms with van der Waals surface area (Å²) < 4.78 is 16.1. The van der Waals surface area contributed by atoms with Gasteiger partial charge in [-0.15, -0.1) is 0 Å². The lowest BCUT2D eigenvalue weighted by Gasteiger charge is -2.30. The van der Waals surface area contributed by atoms with E-state index in [0.29, 0.717) is 16.2 Å². The zero-order chi connectivity index (χ0) is 13.1. The van der Waals surface area contributed by atoms with Crippen LogP contribution in [0, 0.1) is 0 Å². The van der Waals surface area contributed by atoms with Crippen LogP contribution in [0.5, 0.6) is 5.75 Å². The van der Waals surface area contributed by atoms with Crippen molar-refractivity contribution < 1.29 is 19.0 Å². The lowest BCUT2D eigenvalue weighted by molar-refractivity contribution is -0.126. The lowest BCUT2D eigenvalue weighted by atomic mass is 10.3. The number of halogens is 1. The average Bonchev–Trinajstić information content (AvgIpc) is 2.38. The Kier molecular flexibility index (Phi) is 4.15. The first-order valence-electron chi connectivity index (χ1n) is 5.31. The number of ether oxygens (including phenoxy) is 3. The summed E-state index contributed by atoms with van der Waals surface area (Å²) in [5.41, 5.74) is 0. The molecule has 1 aliphatic rings. The van der Waals surface area contributed by atoms with E-state index in [0.717, 1.165) is 0 Å². The number of methoxy groups -OCH3 is 2. The first-order chi connectivity index (χ1) is 8.65. The van der Waals surface area contributed by atoms with Crippen LogP contribution in [0.4, 0.5) is 5.82 Å². The van der Waals surface area contributed by atoms with Crippen molar-refractivity contribution in [1.29, 1.82) is 0 Å². The first kappa shape index (κ1) is 13.3. The molecule has 0 aliphatic carbocycles. The molecule has 2 heterocycles. The molecular formula is C11H13BrN2O4. The lowest BCUT2D eigenvalue weighted by Crippen LogP contribution is -2.44. The fraction of sp³-hybridized carbons (Fsp3) is 0.455. The van der Waals surface area contributed by atoms with Gasteiger partial charge >= 0.3 is 0 Å². The molecule has 0 saturated carbocycles. The van der Waals surface area contributed by atoms with Crippen molar-refractivity contribution in [2.24, 2.45) is 0 Å². The summed E-state index contributed by atoms with van der Waals surface area (Å²) in [5, 5.41) is 0. The highest BCUT2D eigenvalue weighted by atomic mass is 79.9. The first-order valence-corrected chi connectivity index (χ1v) is 6.10. The number of carbonyl (C=O) groups excluding carboxylic acids is 1. The number of rotatable bonds is 4. The molecule has 7 heteroatoms. The van der Waals surface area contributed by atoms with E-state index in [1.807, 2.05) is 0 Å². The molecular weight excluding hydrogens is 304 g/mol. The molecule has 0 aromatic carbocycles. The minimum atomic E-state index is -0.499. The molecule has 2 rings (SSSR count). The highest BCUT2D eigenvalue weighted by molar-refractivity contribution is 9.10. The van der Waals surface area contributed by atoms with Gasteiger partial charge in [0.15, 0.2) is 24.5 Å². The second-order valence-corrected chi connectivity index (χ2v) is 4.46. The molecule has 18 heavy (non-hydrogen) atoms. The third kappa shape index (κ3) is 2.63. The van der Waals surface area contributed by atoms with Gasteiger partial charge in [0.2, 0.25) is 0 Å². The van der Waals surface area contributed by atoms with Crippen LogP contribution < -0.4 is 9.64 Å². The number of nitrogens with zero attached hydrogens (tertiary/aromatic N) is 2. The monoisotopic (exact) mass is 316 g/mol. The minimum absolute atomic E-state index is 0.00351. The second-order valence-electron chi connectivity index (χ2n) is 3.65. The number of pyridine rings is 1. The van der Waals surface area contributed by atoms with E-state index < -0.39 is 6.29 Å². The van der Waals surface area contributed by atoms with Gasteiger partial charge in [-0.1, -0.05) is 0 Å². The van der Waals surface area contributed by atoms with Crippen LogP contribution in [0.15, 0.2) is 16.7 Å². The van der Waals surface area contributed by atoms with Crippen molar-refractivity contribution >= 4 is 27.7 Å². The van der Waals surface area contributed by atoms with Gasteiger partial charge in [-0.05, 0) is 28.1 Å². The molecule has 0 saturated heterocycles. The van der Waals surface area contributed by atoms with Crippen molar-refractivity contribution in [2.75, 3.05) is 32.3 Å². The Morgan fingerprint density at radius 3 is 2.89 bits per heavy atom. The third-order valence-electron chi connectivity index (χ3n) is 2.57. The number of anilines is 1. The molecule has 1 aliphatic heterocycles. The molecule has 1 amide bonds. The van der Waals surface area contributed by atoms with Crippen molar-refractivity contribution in [2.45, 2.75) is 6.29 Å². The Bertz CT molecular complexity index is 451. The summed E-state index contributed by atoms with van der Waals surface area (Å²) in [6, 6.07) is 3.53. The van der Waals surface area contributed by atoms with Crippen LogP contribution in [0.1, 0.15) is 0 Å². The van der Waals surface area contributed by atoms with Gasteiger partial charge < -0.3 is 14.2 Å². The molecule has 98 valence electrons. The number of carbonyl (C=O) groups is 1. The summed E-state index contributed by atoms with van der Waals surface area (Å²) in [4.78, 5) is 17.6. The van der Waals surface area contributed by atoms with E-state index >= 15 is 0 Å². The Morgan fingerprint density at radius 2 is 2.22 bits per heavy atom. The van der Waals surface area contributed by atoms with Gasteiger partial charge in [0.1, 0.15) is 4.60 Å². The fourth-order valence-corrected chi connectivity index (χ4v) is 1.94. The Labute approximate surface area is 113 Å².